The van der Waals surface area contributed by atoms with Crippen LogP contribution in [-0.4, -0.2) is 30.5 Å². The van der Waals surface area contributed by atoms with E-state index in [1.165, 1.54) is 12.4 Å². The minimum Gasteiger partial charge on any atom is -0.290 e. The molecule has 0 radical (unpaired) electrons. The molecule has 0 amide bonds. The van der Waals surface area contributed by atoms with Gasteiger partial charge in [0.15, 0.2) is 11.2 Å². The Bertz CT molecular complexity index is 651. The molecule has 0 saturated heterocycles. The fraction of sp³-hybridized carbons (Fsp3) is 0.333. The van der Waals surface area contributed by atoms with Gasteiger partial charge in [-0.15, -0.1) is 0 Å². The molecule has 0 aliphatic rings. The maximum atomic E-state index is 12.0. The number of aromatic nitrogens is 4. The molecule has 0 aromatic carbocycles. The molecule has 0 bridgehead atoms. The van der Waals surface area contributed by atoms with Crippen molar-refractivity contribution in [1.29, 1.82) is 0 Å². The minimum absolute atomic E-state index is 0.145. The molecule has 0 spiro atoms. The zero-order valence-electron chi connectivity index (χ0n) is 8.70. The van der Waals surface area contributed by atoms with Gasteiger partial charge in [0.1, 0.15) is 0 Å². The highest BCUT2D eigenvalue weighted by Crippen LogP contribution is 2.00. The molecule has 0 aliphatic carbocycles. The van der Waals surface area contributed by atoms with Crippen molar-refractivity contribution in [2.75, 3.05) is 5.75 Å². The van der Waals surface area contributed by atoms with Gasteiger partial charge in [0.25, 0.3) is 5.56 Å². The Morgan fingerprint density at radius 3 is 2.76 bits per heavy atom. The van der Waals surface area contributed by atoms with Gasteiger partial charge in [-0.1, -0.05) is 0 Å². The zero-order chi connectivity index (χ0) is 12.4. The van der Waals surface area contributed by atoms with Gasteiger partial charge in [-0.3, -0.25) is 14.3 Å². The smallest absolute Gasteiger partial charge is 0.290 e. The minimum atomic E-state index is -0.510. The second-order valence-corrected chi connectivity index (χ2v) is 4.53. The van der Waals surface area contributed by atoms with Crippen molar-refractivity contribution in [2.45, 2.75) is 11.8 Å². The van der Waals surface area contributed by atoms with Gasteiger partial charge in [0.2, 0.25) is 0 Å². The Kier molecular flexibility index (Phi) is 3.53. The first kappa shape index (κ1) is 12.2. The summed E-state index contributed by atoms with van der Waals surface area (Å²) in [6.07, 6.45) is 2.82. The summed E-state index contributed by atoms with van der Waals surface area (Å²) in [7, 11) is 0. The molecular formula is C9H10N4O2S2. The van der Waals surface area contributed by atoms with Crippen LogP contribution in [-0.2, 0) is 6.54 Å². The average molecular weight is 270 g/mol. The average Bonchev–Trinajstić information content (AvgIpc) is 2.34. The molecule has 2 rings (SSSR count). The van der Waals surface area contributed by atoms with Gasteiger partial charge < -0.3 is 0 Å². The lowest BCUT2D eigenvalue weighted by molar-refractivity contribution is 0.637. The molecule has 0 unspecified atom stereocenters. The Morgan fingerprint density at radius 2 is 2.06 bits per heavy atom. The van der Waals surface area contributed by atoms with Gasteiger partial charge >= 0.3 is 5.69 Å². The van der Waals surface area contributed by atoms with Crippen molar-refractivity contribution < 1.29 is 0 Å². The fourth-order valence-electron chi connectivity index (χ4n) is 1.41. The summed E-state index contributed by atoms with van der Waals surface area (Å²) in [4.78, 5) is 34.0. The summed E-state index contributed by atoms with van der Waals surface area (Å²) in [5.74, 6) is 0.466. The standard InChI is InChI=1S/C9H10N4O2S2/c14-8-6-7(11-2-1-10-6)12-9(15)13(8)3-5(17)4-16/h1-2,5,16-17H,3-4H2,(H,11,12,15)/t5-/m1/s1. The molecule has 90 valence electrons. The first-order chi connectivity index (χ1) is 8.13. The summed E-state index contributed by atoms with van der Waals surface area (Å²) in [5.41, 5.74) is -0.631. The van der Waals surface area contributed by atoms with E-state index in [2.05, 4.69) is 40.2 Å². The second-order valence-electron chi connectivity index (χ2n) is 3.44. The van der Waals surface area contributed by atoms with E-state index in [1.807, 2.05) is 0 Å². The van der Waals surface area contributed by atoms with Crippen LogP contribution in [0.3, 0.4) is 0 Å². The van der Waals surface area contributed by atoms with Crippen molar-refractivity contribution in [1.82, 2.24) is 19.5 Å². The number of fused-ring (bicyclic) bond motifs is 1. The highest BCUT2D eigenvalue weighted by atomic mass is 32.1. The molecule has 2 aromatic rings. The van der Waals surface area contributed by atoms with Crippen LogP contribution in [0.4, 0.5) is 0 Å². The van der Waals surface area contributed by atoms with Crippen LogP contribution < -0.4 is 11.2 Å². The van der Waals surface area contributed by atoms with Crippen LogP contribution in [0, 0.1) is 0 Å². The fourth-order valence-corrected chi connectivity index (χ4v) is 1.69. The molecule has 8 heteroatoms. The van der Waals surface area contributed by atoms with E-state index in [9.17, 15) is 9.59 Å². The third-order valence-electron chi connectivity index (χ3n) is 2.22. The van der Waals surface area contributed by atoms with Crippen LogP contribution in [0.25, 0.3) is 11.2 Å². The molecule has 2 aromatic heterocycles. The predicted octanol–water partition coefficient (Wildman–Crippen LogP) is -0.292. The number of aromatic amines is 1. The zero-order valence-corrected chi connectivity index (χ0v) is 10.5. The summed E-state index contributed by atoms with van der Waals surface area (Å²) in [6.45, 7) is 0.188. The molecule has 2 heterocycles. The molecule has 0 aliphatic heterocycles. The van der Waals surface area contributed by atoms with Crippen molar-refractivity contribution in [3.05, 3.63) is 33.2 Å². The third kappa shape index (κ3) is 2.37. The van der Waals surface area contributed by atoms with Crippen LogP contribution >= 0.6 is 25.3 Å². The van der Waals surface area contributed by atoms with E-state index in [0.29, 0.717) is 5.75 Å². The third-order valence-corrected chi connectivity index (χ3v) is 3.30. The van der Waals surface area contributed by atoms with Crippen molar-refractivity contribution in [3.8, 4) is 0 Å². The van der Waals surface area contributed by atoms with E-state index in [0.717, 1.165) is 4.57 Å². The highest BCUT2D eigenvalue weighted by Gasteiger charge is 2.11. The molecule has 1 atom stereocenters. The van der Waals surface area contributed by atoms with Crippen LogP contribution in [0.2, 0.25) is 0 Å². The monoisotopic (exact) mass is 270 g/mol. The first-order valence-corrected chi connectivity index (χ1v) is 6.01. The van der Waals surface area contributed by atoms with E-state index in [1.54, 1.807) is 0 Å². The molecule has 17 heavy (non-hydrogen) atoms. The quantitative estimate of drug-likeness (QED) is 0.669. The highest BCUT2D eigenvalue weighted by molar-refractivity contribution is 7.84. The van der Waals surface area contributed by atoms with E-state index in [4.69, 9.17) is 0 Å². The molecule has 0 fully saturated rings. The number of thiol groups is 2. The summed E-state index contributed by atoms with van der Waals surface area (Å²) >= 11 is 8.26. The molecule has 6 nitrogen and oxygen atoms in total. The lowest BCUT2D eigenvalue weighted by Gasteiger charge is -2.09. The molecular weight excluding hydrogens is 260 g/mol. The normalized spacial score (nSPS) is 12.8. The Labute approximate surface area is 107 Å². The maximum absolute atomic E-state index is 12.0. The Balaban J connectivity index is 2.64. The van der Waals surface area contributed by atoms with Crippen LogP contribution in [0.15, 0.2) is 22.0 Å². The van der Waals surface area contributed by atoms with Gasteiger partial charge in [-0.25, -0.2) is 14.8 Å². The summed E-state index contributed by atoms with van der Waals surface area (Å²) in [6, 6.07) is 0. The van der Waals surface area contributed by atoms with E-state index < -0.39 is 11.2 Å². The topological polar surface area (TPSA) is 80.6 Å². The predicted molar refractivity (Wildman–Crippen MR) is 71.0 cm³/mol. The second kappa shape index (κ2) is 4.92. The maximum Gasteiger partial charge on any atom is 0.330 e. The molecule has 0 saturated carbocycles. The number of hydrogen-bond acceptors (Lipinski definition) is 6. The van der Waals surface area contributed by atoms with E-state index in [-0.39, 0.29) is 23.0 Å². The number of rotatable bonds is 3. The molecule has 1 N–H and O–H groups in total. The van der Waals surface area contributed by atoms with Crippen LogP contribution in [0.1, 0.15) is 0 Å². The number of hydrogen-bond donors (Lipinski definition) is 3. The van der Waals surface area contributed by atoms with Crippen molar-refractivity contribution in [2.24, 2.45) is 0 Å². The SMILES string of the molecule is O=c1[nH]c2nccnc2c(=O)n1C[C@@H](S)CS. The Hall–Kier alpha value is -1.28. The largest absolute Gasteiger partial charge is 0.330 e. The number of H-pyrrole nitrogens is 1. The number of nitrogens with zero attached hydrogens (tertiary/aromatic N) is 3. The number of nitrogens with one attached hydrogen (secondary N) is 1. The van der Waals surface area contributed by atoms with E-state index >= 15 is 0 Å². The van der Waals surface area contributed by atoms with Gasteiger partial charge in [-0.05, 0) is 0 Å². The lowest BCUT2D eigenvalue weighted by Crippen LogP contribution is -2.38. The van der Waals surface area contributed by atoms with Gasteiger partial charge in [0.05, 0.1) is 0 Å². The Morgan fingerprint density at radius 1 is 1.35 bits per heavy atom. The first-order valence-electron chi connectivity index (χ1n) is 4.86. The van der Waals surface area contributed by atoms with Gasteiger partial charge in [0, 0.05) is 29.9 Å². The summed E-state index contributed by atoms with van der Waals surface area (Å²) < 4.78 is 1.06. The summed E-state index contributed by atoms with van der Waals surface area (Å²) in [5, 5.41) is -0.175. The van der Waals surface area contributed by atoms with Gasteiger partial charge in [-0.2, -0.15) is 25.3 Å². The van der Waals surface area contributed by atoms with Crippen molar-refractivity contribution >= 4 is 36.4 Å². The lowest BCUT2D eigenvalue weighted by atomic mass is 10.4. The van der Waals surface area contributed by atoms with Crippen LogP contribution in [0.5, 0.6) is 0 Å². The van der Waals surface area contributed by atoms with Crippen molar-refractivity contribution in [3.63, 3.8) is 0 Å².